The van der Waals surface area contributed by atoms with Crippen LogP contribution < -0.4 is 0 Å². The molecule has 3 rings (SSSR count). The smallest absolute Gasteiger partial charge is 0.134 e. The highest BCUT2D eigenvalue weighted by Gasteiger charge is 2.18. The lowest BCUT2D eigenvalue weighted by molar-refractivity contribution is 0.177. The minimum Gasteiger partial charge on any atom is -0.472 e. The Labute approximate surface area is 105 Å². The summed E-state index contributed by atoms with van der Waals surface area (Å²) in [4.78, 5) is 0. The maximum absolute atomic E-state index is 10.4. The van der Waals surface area contributed by atoms with Crippen LogP contribution in [0, 0.1) is 6.92 Å². The van der Waals surface area contributed by atoms with Gasteiger partial charge in [0.05, 0.1) is 18.6 Å². The lowest BCUT2D eigenvalue weighted by atomic mass is 10.0. The molecule has 92 valence electrons. The topological polar surface area (TPSA) is 46.5 Å². The summed E-state index contributed by atoms with van der Waals surface area (Å²) < 4.78 is 10.7. The second-order valence-corrected chi connectivity index (χ2v) is 4.42. The third kappa shape index (κ3) is 1.83. The van der Waals surface area contributed by atoms with Gasteiger partial charge < -0.3 is 13.9 Å². The average Bonchev–Trinajstić information content (AvgIpc) is 2.94. The standard InChI is InChI=1S/C15H14O3/c1-10-15(12-4-2-3-5-14(12)18-10)13(16)8-11-6-7-17-9-11/h2-7,9,13,16H,8H2,1H3. The average molecular weight is 242 g/mol. The maximum atomic E-state index is 10.4. The van der Waals surface area contributed by atoms with Gasteiger partial charge in [-0.15, -0.1) is 0 Å². The Morgan fingerprint density at radius 1 is 1.22 bits per heavy atom. The molecular formula is C15H14O3. The van der Waals surface area contributed by atoms with Crippen LogP contribution in [-0.4, -0.2) is 5.11 Å². The molecule has 0 saturated carbocycles. The van der Waals surface area contributed by atoms with E-state index >= 15 is 0 Å². The zero-order valence-electron chi connectivity index (χ0n) is 10.1. The maximum Gasteiger partial charge on any atom is 0.134 e. The zero-order valence-corrected chi connectivity index (χ0v) is 10.1. The predicted molar refractivity (Wildman–Crippen MR) is 68.3 cm³/mol. The molecule has 0 saturated heterocycles. The van der Waals surface area contributed by atoms with Gasteiger partial charge in [0.15, 0.2) is 0 Å². The Morgan fingerprint density at radius 3 is 2.83 bits per heavy atom. The van der Waals surface area contributed by atoms with Gasteiger partial charge in [0.25, 0.3) is 0 Å². The molecule has 0 aliphatic carbocycles. The fraction of sp³-hybridized carbons (Fsp3) is 0.200. The number of aliphatic hydroxyl groups excluding tert-OH is 1. The highest BCUT2D eigenvalue weighted by Crippen LogP contribution is 2.32. The van der Waals surface area contributed by atoms with E-state index in [-0.39, 0.29) is 0 Å². The minimum atomic E-state index is -0.578. The van der Waals surface area contributed by atoms with Gasteiger partial charge in [0.1, 0.15) is 11.3 Å². The largest absolute Gasteiger partial charge is 0.472 e. The van der Waals surface area contributed by atoms with E-state index in [1.807, 2.05) is 37.3 Å². The van der Waals surface area contributed by atoms with Crippen molar-refractivity contribution in [2.45, 2.75) is 19.4 Å². The Bertz CT molecular complexity index is 649. The van der Waals surface area contributed by atoms with E-state index in [0.29, 0.717) is 6.42 Å². The molecular weight excluding hydrogens is 228 g/mol. The molecule has 0 amide bonds. The normalized spacial score (nSPS) is 13.0. The van der Waals surface area contributed by atoms with E-state index in [1.54, 1.807) is 12.5 Å². The van der Waals surface area contributed by atoms with Gasteiger partial charge in [-0.1, -0.05) is 18.2 Å². The fourth-order valence-corrected chi connectivity index (χ4v) is 2.34. The Kier molecular flexibility index (Phi) is 2.68. The summed E-state index contributed by atoms with van der Waals surface area (Å²) in [7, 11) is 0. The Hall–Kier alpha value is -2.00. The summed E-state index contributed by atoms with van der Waals surface area (Å²) in [6.45, 7) is 1.88. The SMILES string of the molecule is Cc1oc2ccccc2c1C(O)Cc1ccoc1. The summed E-state index contributed by atoms with van der Waals surface area (Å²) in [5.41, 5.74) is 2.66. The van der Waals surface area contributed by atoms with Gasteiger partial charge in [-0.2, -0.15) is 0 Å². The van der Waals surface area contributed by atoms with Gasteiger partial charge in [-0.3, -0.25) is 0 Å². The summed E-state index contributed by atoms with van der Waals surface area (Å²) >= 11 is 0. The molecule has 0 radical (unpaired) electrons. The van der Waals surface area contributed by atoms with Crippen LogP contribution in [0.5, 0.6) is 0 Å². The van der Waals surface area contributed by atoms with Crippen LogP contribution in [-0.2, 0) is 6.42 Å². The van der Waals surface area contributed by atoms with Crippen molar-refractivity contribution in [1.29, 1.82) is 0 Å². The molecule has 0 bridgehead atoms. The van der Waals surface area contributed by atoms with Crippen molar-refractivity contribution in [1.82, 2.24) is 0 Å². The number of hydrogen-bond acceptors (Lipinski definition) is 3. The number of furan rings is 2. The van der Waals surface area contributed by atoms with Crippen LogP contribution in [0.15, 0.2) is 51.7 Å². The summed E-state index contributed by atoms with van der Waals surface area (Å²) in [5, 5.41) is 11.3. The van der Waals surface area contributed by atoms with E-state index in [9.17, 15) is 5.11 Å². The van der Waals surface area contributed by atoms with Crippen molar-refractivity contribution >= 4 is 11.0 Å². The summed E-state index contributed by atoms with van der Waals surface area (Å²) in [6.07, 6.45) is 3.22. The first-order valence-electron chi connectivity index (χ1n) is 5.93. The van der Waals surface area contributed by atoms with Gasteiger partial charge >= 0.3 is 0 Å². The van der Waals surface area contributed by atoms with Crippen LogP contribution in [0.2, 0.25) is 0 Å². The first-order valence-corrected chi connectivity index (χ1v) is 5.93. The van der Waals surface area contributed by atoms with Crippen LogP contribution in [0.4, 0.5) is 0 Å². The van der Waals surface area contributed by atoms with E-state index in [0.717, 1.165) is 27.9 Å². The quantitative estimate of drug-likeness (QED) is 0.763. The van der Waals surface area contributed by atoms with E-state index in [2.05, 4.69) is 0 Å². The van der Waals surface area contributed by atoms with Gasteiger partial charge in [-0.25, -0.2) is 0 Å². The molecule has 1 atom stereocenters. The molecule has 0 fully saturated rings. The van der Waals surface area contributed by atoms with Gasteiger partial charge in [0, 0.05) is 17.4 Å². The highest BCUT2D eigenvalue weighted by atomic mass is 16.3. The molecule has 0 aliphatic rings. The minimum absolute atomic E-state index is 0.529. The van der Waals surface area contributed by atoms with Gasteiger partial charge in [0.2, 0.25) is 0 Å². The van der Waals surface area contributed by atoms with Crippen LogP contribution in [0.3, 0.4) is 0 Å². The number of hydrogen-bond donors (Lipinski definition) is 1. The molecule has 3 nitrogen and oxygen atoms in total. The molecule has 1 aromatic carbocycles. The molecule has 0 spiro atoms. The molecule has 18 heavy (non-hydrogen) atoms. The van der Waals surface area contributed by atoms with E-state index in [4.69, 9.17) is 8.83 Å². The number of rotatable bonds is 3. The lowest BCUT2D eigenvalue weighted by Gasteiger charge is -2.08. The Morgan fingerprint density at radius 2 is 2.06 bits per heavy atom. The van der Waals surface area contributed by atoms with Crippen LogP contribution in [0.1, 0.15) is 23.0 Å². The molecule has 2 heterocycles. The number of benzene rings is 1. The van der Waals surface area contributed by atoms with Crippen molar-refractivity contribution in [3.05, 3.63) is 59.7 Å². The number of para-hydroxylation sites is 1. The monoisotopic (exact) mass is 242 g/mol. The van der Waals surface area contributed by atoms with Crippen LogP contribution >= 0.6 is 0 Å². The molecule has 1 N–H and O–H groups in total. The molecule has 0 aliphatic heterocycles. The molecule has 3 aromatic rings. The molecule has 3 heteroatoms. The molecule has 1 unspecified atom stereocenters. The lowest BCUT2D eigenvalue weighted by Crippen LogP contribution is -2.01. The summed E-state index contributed by atoms with van der Waals surface area (Å²) in [6, 6.07) is 9.62. The second kappa shape index (κ2) is 4.35. The number of fused-ring (bicyclic) bond motifs is 1. The fourth-order valence-electron chi connectivity index (χ4n) is 2.34. The number of aryl methyl sites for hydroxylation is 1. The van der Waals surface area contributed by atoms with Crippen molar-refractivity contribution < 1.29 is 13.9 Å². The first kappa shape index (κ1) is 11.1. The van der Waals surface area contributed by atoms with Crippen LogP contribution in [0.25, 0.3) is 11.0 Å². The van der Waals surface area contributed by atoms with Crippen molar-refractivity contribution in [2.75, 3.05) is 0 Å². The molecule has 2 aromatic heterocycles. The zero-order chi connectivity index (χ0) is 12.5. The van der Waals surface area contributed by atoms with Crippen molar-refractivity contribution in [2.24, 2.45) is 0 Å². The van der Waals surface area contributed by atoms with Crippen molar-refractivity contribution in [3.8, 4) is 0 Å². The van der Waals surface area contributed by atoms with Crippen molar-refractivity contribution in [3.63, 3.8) is 0 Å². The Balaban J connectivity index is 2.00. The third-order valence-corrected chi connectivity index (χ3v) is 3.16. The number of aliphatic hydroxyl groups is 1. The second-order valence-electron chi connectivity index (χ2n) is 4.42. The highest BCUT2D eigenvalue weighted by molar-refractivity contribution is 5.82. The van der Waals surface area contributed by atoms with Gasteiger partial charge in [-0.05, 0) is 24.6 Å². The first-order chi connectivity index (χ1) is 8.75. The van der Waals surface area contributed by atoms with E-state index < -0.39 is 6.10 Å². The third-order valence-electron chi connectivity index (χ3n) is 3.16. The predicted octanol–water partition coefficient (Wildman–Crippen LogP) is 3.61. The van der Waals surface area contributed by atoms with E-state index in [1.165, 1.54) is 0 Å². The summed E-state index contributed by atoms with van der Waals surface area (Å²) in [5.74, 6) is 0.771.